The van der Waals surface area contributed by atoms with Gasteiger partial charge in [0.2, 0.25) is 5.78 Å². The Morgan fingerprint density at radius 2 is 2.38 bits per heavy atom. The minimum atomic E-state index is -1.00. The maximum atomic E-state index is 11.4. The van der Waals surface area contributed by atoms with Crippen molar-refractivity contribution in [2.45, 2.75) is 6.92 Å². The Morgan fingerprint density at radius 3 is 2.50 bits per heavy atom. The zero-order chi connectivity index (χ0) is 6.57. The molecule has 0 aromatic rings. The lowest BCUT2D eigenvalue weighted by Crippen LogP contribution is -2.11. The lowest BCUT2D eigenvalue weighted by atomic mass is 10.3. The highest BCUT2D eigenvalue weighted by Crippen LogP contribution is 1.85. The van der Waals surface area contributed by atoms with Crippen LogP contribution in [0.15, 0.2) is 11.8 Å². The molecule has 0 saturated carbocycles. The smallest absolute Gasteiger partial charge is 0.209 e. The molecule has 0 aliphatic rings. The SMILES string of the molecule is CC=C(N)C(=O)CF. The van der Waals surface area contributed by atoms with Gasteiger partial charge in [0.25, 0.3) is 0 Å². The van der Waals surface area contributed by atoms with E-state index in [9.17, 15) is 9.18 Å². The van der Waals surface area contributed by atoms with Crippen molar-refractivity contribution in [3.05, 3.63) is 11.8 Å². The van der Waals surface area contributed by atoms with Gasteiger partial charge >= 0.3 is 0 Å². The van der Waals surface area contributed by atoms with Gasteiger partial charge in [0.1, 0.15) is 0 Å². The van der Waals surface area contributed by atoms with Gasteiger partial charge in [0.15, 0.2) is 6.67 Å². The fourth-order valence-electron chi connectivity index (χ4n) is 0.238. The maximum Gasteiger partial charge on any atom is 0.209 e. The van der Waals surface area contributed by atoms with Crippen LogP contribution >= 0.6 is 0 Å². The normalized spacial score (nSPS) is 11.5. The highest BCUT2D eigenvalue weighted by molar-refractivity contribution is 5.95. The first-order valence-electron chi connectivity index (χ1n) is 2.23. The van der Waals surface area contributed by atoms with Gasteiger partial charge in [-0.1, -0.05) is 6.08 Å². The number of alkyl halides is 1. The number of nitrogens with two attached hydrogens (primary N) is 1. The lowest BCUT2D eigenvalue weighted by Gasteiger charge is -1.89. The fourth-order valence-corrected chi connectivity index (χ4v) is 0.238. The second-order valence-corrected chi connectivity index (χ2v) is 1.30. The molecule has 0 fully saturated rings. The van der Waals surface area contributed by atoms with Crippen LogP contribution in [0.2, 0.25) is 0 Å². The Morgan fingerprint density at radius 1 is 1.88 bits per heavy atom. The molecule has 0 bridgehead atoms. The molecule has 2 N–H and O–H groups in total. The molecule has 0 aromatic carbocycles. The zero-order valence-electron chi connectivity index (χ0n) is 4.65. The Labute approximate surface area is 47.2 Å². The summed E-state index contributed by atoms with van der Waals surface area (Å²) in [7, 11) is 0. The lowest BCUT2D eigenvalue weighted by molar-refractivity contribution is -0.116. The van der Waals surface area contributed by atoms with E-state index in [2.05, 4.69) is 0 Å². The fraction of sp³-hybridized carbons (Fsp3) is 0.400. The van der Waals surface area contributed by atoms with Gasteiger partial charge < -0.3 is 5.73 Å². The van der Waals surface area contributed by atoms with Crippen LogP contribution in [0.25, 0.3) is 0 Å². The molecular formula is C5H8FNO. The van der Waals surface area contributed by atoms with Crippen LogP contribution < -0.4 is 5.73 Å². The van der Waals surface area contributed by atoms with Crippen molar-refractivity contribution in [1.29, 1.82) is 0 Å². The average Bonchev–Trinajstić information content (AvgIpc) is 1.84. The minimum absolute atomic E-state index is 0.00694. The highest BCUT2D eigenvalue weighted by atomic mass is 19.1. The summed E-state index contributed by atoms with van der Waals surface area (Å²) in [6, 6.07) is 0. The van der Waals surface area contributed by atoms with Crippen LogP contribution in [0.4, 0.5) is 4.39 Å². The highest BCUT2D eigenvalue weighted by Gasteiger charge is 2.00. The Kier molecular flexibility index (Phi) is 2.84. The molecule has 0 atom stereocenters. The molecule has 0 spiro atoms. The maximum absolute atomic E-state index is 11.4. The van der Waals surface area contributed by atoms with Gasteiger partial charge in [-0.05, 0) is 6.92 Å². The van der Waals surface area contributed by atoms with Crippen molar-refractivity contribution in [1.82, 2.24) is 0 Å². The summed E-state index contributed by atoms with van der Waals surface area (Å²) in [5, 5.41) is 0. The third-order valence-electron chi connectivity index (χ3n) is 0.754. The second-order valence-electron chi connectivity index (χ2n) is 1.30. The number of hydrogen-bond acceptors (Lipinski definition) is 2. The van der Waals surface area contributed by atoms with Gasteiger partial charge in [-0.25, -0.2) is 4.39 Å². The third kappa shape index (κ3) is 1.73. The number of hydrogen-bond donors (Lipinski definition) is 1. The second kappa shape index (κ2) is 3.18. The quantitative estimate of drug-likeness (QED) is 0.531. The van der Waals surface area contributed by atoms with E-state index in [1.807, 2.05) is 0 Å². The summed E-state index contributed by atoms with van der Waals surface area (Å²) in [6.45, 7) is 0.582. The first-order chi connectivity index (χ1) is 3.72. The van der Waals surface area contributed by atoms with Crippen LogP contribution in [-0.4, -0.2) is 12.5 Å². The van der Waals surface area contributed by atoms with Gasteiger partial charge in [0, 0.05) is 0 Å². The largest absolute Gasteiger partial charge is 0.396 e. The summed E-state index contributed by atoms with van der Waals surface area (Å²) in [6.07, 6.45) is 1.38. The van der Waals surface area contributed by atoms with Crippen molar-refractivity contribution in [3.8, 4) is 0 Å². The van der Waals surface area contributed by atoms with Crippen LogP contribution in [0.1, 0.15) is 6.92 Å². The number of allylic oxidation sites excluding steroid dienone is 2. The number of Topliss-reactive ketones (excluding diaryl/α,β-unsaturated/α-hetero) is 1. The molecular weight excluding hydrogens is 109 g/mol. The zero-order valence-corrected chi connectivity index (χ0v) is 4.65. The van der Waals surface area contributed by atoms with Crippen molar-refractivity contribution in [3.63, 3.8) is 0 Å². The number of ketones is 1. The first kappa shape index (κ1) is 7.14. The standard InChI is InChI=1S/C5H8FNO/c1-2-4(7)5(8)3-6/h2H,3,7H2,1H3. The van der Waals surface area contributed by atoms with E-state index in [4.69, 9.17) is 5.73 Å². The van der Waals surface area contributed by atoms with Crippen molar-refractivity contribution in [2.75, 3.05) is 6.67 Å². The Balaban J connectivity index is 3.83. The van der Waals surface area contributed by atoms with E-state index in [0.29, 0.717) is 0 Å². The molecule has 8 heavy (non-hydrogen) atoms. The monoisotopic (exact) mass is 117 g/mol. The number of carbonyl (C=O) groups is 1. The molecule has 0 aliphatic carbocycles. The van der Waals surface area contributed by atoms with Gasteiger partial charge in [-0.15, -0.1) is 0 Å². The predicted octanol–water partition coefficient (Wildman–Crippen LogP) is 0.388. The summed E-state index contributed by atoms with van der Waals surface area (Å²) < 4.78 is 11.4. The van der Waals surface area contributed by atoms with Crippen LogP contribution in [0.3, 0.4) is 0 Å². The van der Waals surface area contributed by atoms with E-state index >= 15 is 0 Å². The van der Waals surface area contributed by atoms with Crippen molar-refractivity contribution < 1.29 is 9.18 Å². The van der Waals surface area contributed by atoms with Gasteiger partial charge in [-0.3, -0.25) is 4.79 Å². The molecule has 0 saturated heterocycles. The summed E-state index contributed by atoms with van der Waals surface area (Å²) in [5.41, 5.74) is 4.99. The molecule has 0 amide bonds. The molecule has 0 radical (unpaired) electrons. The minimum Gasteiger partial charge on any atom is -0.396 e. The molecule has 0 unspecified atom stereocenters. The number of rotatable bonds is 2. The van der Waals surface area contributed by atoms with E-state index in [-0.39, 0.29) is 5.70 Å². The predicted molar refractivity (Wildman–Crippen MR) is 28.9 cm³/mol. The van der Waals surface area contributed by atoms with E-state index < -0.39 is 12.5 Å². The van der Waals surface area contributed by atoms with Crippen LogP contribution in [0, 0.1) is 0 Å². The van der Waals surface area contributed by atoms with Gasteiger partial charge in [0.05, 0.1) is 5.70 Å². The molecule has 0 heterocycles. The first-order valence-corrected chi connectivity index (χ1v) is 2.23. The summed E-state index contributed by atoms with van der Waals surface area (Å²) in [4.78, 5) is 10.2. The van der Waals surface area contributed by atoms with E-state index in [1.54, 1.807) is 6.92 Å². The molecule has 3 heteroatoms. The summed E-state index contributed by atoms with van der Waals surface area (Å²) in [5.74, 6) is -0.646. The molecule has 2 nitrogen and oxygen atoms in total. The van der Waals surface area contributed by atoms with Crippen LogP contribution in [0.5, 0.6) is 0 Å². The summed E-state index contributed by atoms with van der Waals surface area (Å²) >= 11 is 0. The van der Waals surface area contributed by atoms with E-state index in [1.165, 1.54) is 6.08 Å². The van der Waals surface area contributed by atoms with Crippen molar-refractivity contribution in [2.24, 2.45) is 5.73 Å². The molecule has 46 valence electrons. The molecule has 0 aliphatic heterocycles. The van der Waals surface area contributed by atoms with Crippen molar-refractivity contribution >= 4 is 5.78 Å². The topological polar surface area (TPSA) is 43.1 Å². The Hall–Kier alpha value is -0.860. The molecule has 0 rings (SSSR count). The third-order valence-corrected chi connectivity index (χ3v) is 0.754. The number of halogens is 1. The van der Waals surface area contributed by atoms with Crippen LogP contribution in [-0.2, 0) is 4.79 Å². The Bertz CT molecular complexity index is 120. The molecule has 0 aromatic heterocycles. The van der Waals surface area contributed by atoms with E-state index in [0.717, 1.165) is 0 Å². The average molecular weight is 117 g/mol. The number of carbonyl (C=O) groups excluding carboxylic acids is 1. The van der Waals surface area contributed by atoms with Gasteiger partial charge in [-0.2, -0.15) is 0 Å².